The second-order valence-electron chi connectivity index (χ2n) is 5.80. The van der Waals surface area contributed by atoms with Crippen LogP contribution in [0.25, 0.3) is 0 Å². The molecule has 0 spiro atoms. The fourth-order valence-corrected chi connectivity index (χ4v) is 2.02. The van der Waals surface area contributed by atoms with Gasteiger partial charge in [0.2, 0.25) is 0 Å². The summed E-state index contributed by atoms with van der Waals surface area (Å²) in [5, 5.41) is 2.91. The largest absolute Gasteiger partial charge is 0.444 e. The van der Waals surface area contributed by atoms with Crippen LogP contribution in [0, 0.1) is 5.92 Å². The normalized spacial score (nSPS) is 30.9. The zero-order valence-corrected chi connectivity index (χ0v) is 10.7. The van der Waals surface area contributed by atoms with Crippen LogP contribution in [0.1, 0.15) is 47.0 Å². The Morgan fingerprint density at radius 1 is 1.38 bits per heavy atom. The van der Waals surface area contributed by atoms with E-state index in [4.69, 9.17) is 10.5 Å². The first-order valence-electron chi connectivity index (χ1n) is 6.03. The summed E-state index contributed by atoms with van der Waals surface area (Å²) in [5.41, 5.74) is 5.50. The number of nitrogens with two attached hydrogens (primary N) is 1. The lowest BCUT2D eigenvalue weighted by Crippen LogP contribution is -2.45. The molecule has 0 aliphatic heterocycles. The van der Waals surface area contributed by atoms with Crippen LogP contribution in [0.15, 0.2) is 0 Å². The SMILES string of the molecule is C[C@@H]1C[C@H](NC(=O)OC(C)(C)C)CC[C@@H]1N. The van der Waals surface area contributed by atoms with Crippen LogP contribution in [0.3, 0.4) is 0 Å². The highest BCUT2D eigenvalue weighted by atomic mass is 16.6. The maximum Gasteiger partial charge on any atom is 0.407 e. The Morgan fingerprint density at radius 2 is 2.00 bits per heavy atom. The molecule has 0 heterocycles. The fraction of sp³-hybridized carbons (Fsp3) is 0.917. The average Bonchev–Trinajstić information content (AvgIpc) is 2.08. The van der Waals surface area contributed by atoms with Crippen LogP contribution in [-0.2, 0) is 4.74 Å². The van der Waals surface area contributed by atoms with E-state index in [0.717, 1.165) is 19.3 Å². The van der Waals surface area contributed by atoms with E-state index >= 15 is 0 Å². The van der Waals surface area contributed by atoms with Crippen LogP contribution in [-0.4, -0.2) is 23.8 Å². The second-order valence-corrected chi connectivity index (χ2v) is 5.80. The molecule has 1 aliphatic carbocycles. The van der Waals surface area contributed by atoms with E-state index in [1.165, 1.54) is 0 Å². The zero-order valence-electron chi connectivity index (χ0n) is 10.7. The molecule has 16 heavy (non-hydrogen) atoms. The number of alkyl carbamates (subject to hydrolysis) is 1. The third-order valence-corrected chi connectivity index (χ3v) is 2.96. The molecular weight excluding hydrogens is 204 g/mol. The third-order valence-electron chi connectivity index (χ3n) is 2.96. The second kappa shape index (κ2) is 5.04. The van der Waals surface area contributed by atoms with E-state index in [0.29, 0.717) is 5.92 Å². The summed E-state index contributed by atoms with van der Waals surface area (Å²) in [6.45, 7) is 7.73. The summed E-state index contributed by atoms with van der Waals surface area (Å²) in [4.78, 5) is 11.6. The molecule has 4 nitrogen and oxygen atoms in total. The van der Waals surface area contributed by atoms with Gasteiger partial charge in [0, 0.05) is 12.1 Å². The lowest BCUT2D eigenvalue weighted by Gasteiger charge is -2.32. The molecule has 0 unspecified atom stereocenters. The molecule has 3 N–H and O–H groups in total. The Labute approximate surface area is 97.9 Å². The van der Waals surface area contributed by atoms with Crippen molar-refractivity contribution in [1.82, 2.24) is 5.32 Å². The van der Waals surface area contributed by atoms with Gasteiger partial charge in [0.05, 0.1) is 0 Å². The predicted molar refractivity (Wildman–Crippen MR) is 64.1 cm³/mol. The number of carbonyl (C=O) groups excluding carboxylic acids is 1. The zero-order chi connectivity index (χ0) is 12.3. The highest BCUT2D eigenvalue weighted by molar-refractivity contribution is 5.68. The van der Waals surface area contributed by atoms with Crippen molar-refractivity contribution < 1.29 is 9.53 Å². The topological polar surface area (TPSA) is 64.3 Å². The monoisotopic (exact) mass is 228 g/mol. The summed E-state index contributed by atoms with van der Waals surface area (Å²) < 4.78 is 5.22. The Balaban J connectivity index is 2.35. The van der Waals surface area contributed by atoms with Gasteiger partial charge in [-0.25, -0.2) is 4.79 Å². The van der Waals surface area contributed by atoms with Crippen molar-refractivity contribution in [2.24, 2.45) is 11.7 Å². The number of rotatable bonds is 1. The van der Waals surface area contributed by atoms with Crippen LogP contribution in [0.2, 0.25) is 0 Å². The quantitative estimate of drug-likeness (QED) is 0.721. The van der Waals surface area contributed by atoms with E-state index in [1.807, 2.05) is 20.8 Å². The van der Waals surface area contributed by atoms with Gasteiger partial charge in [-0.1, -0.05) is 6.92 Å². The third kappa shape index (κ3) is 4.39. The number of ether oxygens (including phenoxy) is 1. The average molecular weight is 228 g/mol. The van der Waals surface area contributed by atoms with Crippen LogP contribution < -0.4 is 11.1 Å². The standard InChI is InChI=1S/C12H24N2O2/c1-8-7-9(5-6-10(8)13)14-11(15)16-12(2,3)4/h8-10H,5-7,13H2,1-4H3,(H,14,15)/t8-,9-,10+/m1/s1. The van der Waals surface area contributed by atoms with Crippen molar-refractivity contribution in [1.29, 1.82) is 0 Å². The predicted octanol–water partition coefficient (Wildman–Crippen LogP) is 2.03. The highest BCUT2D eigenvalue weighted by Gasteiger charge is 2.27. The van der Waals surface area contributed by atoms with E-state index in [2.05, 4.69) is 12.2 Å². The van der Waals surface area contributed by atoms with Crippen LogP contribution in [0.4, 0.5) is 4.79 Å². The molecule has 0 aromatic heterocycles. The van der Waals surface area contributed by atoms with Gasteiger partial charge in [-0.05, 0) is 46.0 Å². The van der Waals surface area contributed by atoms with Crippen molar-refractivity contribution in [2.45, 2.75) is 64.6 Å². The van der Waals surface area contributed by atoms with Gasteiger partial charge < -0.3 is 15.8 Å². The van der Waals surface area contributed by atoms with Gasteiger partial charge in [-0.2, -0.15) is 0 Å². The van der Waals surface area contributed by atoms with Crippen molar-refractivity contribution in [3.63, 3.8) is 0 Å². The Hall–Kier alpha value is -0.770. The van der Waals surface area contributed by atoms with E-state index in [9.17, 15) is 4.79 Å². The molecule has 0 bridgehead atoms. The molecule has 1 saturated carbocycles. The van der Waals surface area contributed by atoms with Gasteiger partial charge in [-0.3, -0.25) is 0 Å². The van der Waals surface area contributed by atoms with Gasteiger partial charge >= 0.3 is 6.09 Å². The molecule has 0 radical (unpaired) electrons. The molecule has 1 rings (SSSR count). The number of hydrogen-bond donors (Lipinski definition) is 2. The van der Waals surface area contributed by atoms with Gasteiger partial charge in [-0.15, -0.1) is 0 Å². The van der Waals surface area contributed by atoms with E-state index < -0.39 is 5.60 Å². The number of carbonyl (C=O) groups is 1. The van der Waals surface area contributed by atoms with Gasteiger partial charge in [0.15, 0.2) is 0 Å². The highest BCUT2D eigenvalue weighted by Crippen LogP contribution is 2.23. The van der Waals surface area contributed by atoms with Crippen LogP contribution in [0.5, 0.6) is 0 Å². The molecule has 0 aromatic rings. The smallest absolute Gasteiger partial charge is 0.407 e. The summed E-state index contributed by atoms with van der Waals surface area (Å²) in [7, 11) is 0. The summed E-state index contributed by atoms with van der Waals surface area (Å²) in [6.07, 6.45) is 2.55. The Bertz CT molecular complexity index is 248. The van der Waals surface area contributed by atoms with E-state index in [-0.39, 0.29) is 18.2 Å². The minimum atomic E-state index is -0.430. The summed E-state index contributed by atoms with van der Waals surface area (Å²) in [6, 6.07) is 0.487. The number of amides is 1. The Kier molecular flexibility index (Phi) is 4.19. The van der Waals surface area contributed by atoms with Gasteiger partial charge in [0.25, 0.3) is 0 Å². The summed E-state index contributed by atoms with van der Waals surface area (Å²) in [5.74, 6) is 0.466. The number of hydrogen-bond acceptors (Lipinski definition) is 3. The van der Waals surface area contributed by atoms with Crippen molar-refractivity contribution >= 4 is 6.09 Å². The first-order chi connectivity index (χ1) is 7.28. The van der Waals surface area contributed by atoms with Crippen molar-refractivity contribution in [2.75, 3.05) is 0 Å². The molecular formula is C12H24N2O2. The molecule has 3 atom stereocenters. The molecule has 4 heteroatoms. The van der Waals surface area contributed by atoms with Crippen LogP contribution >= 0.6 is 0 Å². The Morgan fingerprint density at radius 3 is 2.50 bits per heavy atom. The fourth-order valence-electron chi connectivity index (χ4n) is 2.02. The molecule has 0 saturated heterocycles. The van der Waals surface area contributed by atoms with Crippen molar-refractivity contribution in [3.8, 4) is 0 Å². The maximum atomic E-state index is 11.6. The maximum absolute atomic E-state index is 11.6. The molecule has 1 fully saturated rings. The van der Waals surface area contributed by atoms with Crippen molar-refractivity contribution in [3.05, 3.63) is 0 Å². The molecule has 1 aliphatic rings. The minimum absolute atomic E-state index is 0.213. The first-order valence-corrected chi connectivity index (χ1v) is 6.03. The minimum Gasteiger partial charge on any atom is -0.444 e. The number of nitrogens with one attached hydrogen (secondary N) is 1. The molecule has 0 aromatic carbocycles. The molecule has 1 amide bonds. The summed E-state index contributed by atoms with van der Waals surface area (Å²) >= 11 is 0. The van der Waals surface area contributed by atoms with E-state index in [1.54, 1.807) is 0 Å². The van der Waals surface area contributed by atoms with Gasteiger partial charge in [0.1, 0.15) is 5.60 Å². The lowest BCUT2D eigenvalue weighted by molar-refractivity contribution is 0.0483. The lowest BCUT2D eigenvalue weighted by atomic mass is 9.83. The molecule has 94 valence electrons. The first kappa shape index (κ1) is 13.3.